The first-order valence-electron chi connectivity index (χ1n) is 4.85. The number of hydrogen-bond donors (Lipinski definition) is 1. The van der Waals surface area contributed by atoms with E-state index in [1.807, 2.05) is 0 Å². The smallest absolute Gasteiger partial charge is 0.392 e. The molecule has 0 saturated carbocycles. The lowest BCUT2D eigenvalue weighted by atomic mass is 10.2. The van der Waals surface area contributed by atoms with Gasteiger partial charge in [-0.2, -0.15) is 18.4 Å². The van der Waals surface area contributed by atoms with Crippen molar-refractivity contribution in [3.63, 3.8) is 0 Å². The Morgan fingerprint density at radius 2 is 2.16 bits per heavy atom. The highest BCUT2D eigenvalue weighted by Crippen LogP contribution is 2.34. The highest BCUT2D eigenvalue weighted by molar-refractivity contribution is 7.80. The summed E-state index contributed by atoms with van der Waals surface area (Å²) in [5.74, 6) is -0.958. The van der Waals surface area contributed by atoms with Crippen molar-refractivity contribution in [2.24, 2.45) is 16.6 Å². The largest absolute Gasteiger partial charge is 0.416 e. The lowest BCUT2D eigenvalue weighted by Gasteiger charge is -2.08. The van der Waals surface area contributed by atoms with E-state index < -0.39 is 17.7 Å². The number of hydrogen-bond acceptors (Lipinski definition) is 3. The molecule has 8 heteroatoms. The first-order chi connectivity index (χ1) is 8.75. The van der Waals surface area contributed by atoms with E-state index in [2.05, 4.69) is 17.2 Å². The number of thiocarbonyl (C=S) groups is 1. The van der Waals surface area contributed by atoms with E-state index in [9.17, 15) is 13.2 Å². The van der Waals surface area contributed by atoms with Crippen molar-refractivity contribution in [2.75, 3.05) is 0 Å². The minimum Gasteiger partial charge on any atom is -0.392 e. The van der Waals surface area contributed by atoms with Crippen LogP contribution in [0, 0.1) is 17.2 Å². The lowest BCUT2D eigenvalue weighted by molar-refractivity contribution is -0.137. The molecule has 0 fully saturated rings. The summed E-state index contributed by atoms with van der Waals surface area (Å²) >= 11 is 10.3. The second kappa shape index (κ2) is 5.99. The summed E-state index contributed by atoms with van der Waals surface area (Å²) in [5.41, 5.74) is 4.27. The van der Waals surface area contributed by atoms with Crippen molar-refractivity contribution in [2.45, 2.75) is 6.18 Å². The zero-order valence-corrected chi connectivity index (χ0v) is 10.9. The van der Waals surface area contributed by atoms with Crippen molar-refractivity contribution in [1.29, 1.82) is 5.26 Å². The second-order valence-corrected chi connectivity index (χ2v) is 4.33. The molecule has 1 rings (SSSR count). The van der Waals surface area contributed by atoms with Gasteiger partial charge in [-0.25, -0.2) is 0 Å². The van der Waals surface area contributed by atoms with Crippen LogP contribution in [0.25, 0.3) is 0 Å². The molecule has 0 aliphatic heterocycles. The van der Waals surface area contributed by atoms with Gasteiger partial charge in [0.15, 0.2) is 0 Å². The predicted molar refractivity (Wildman–Crippen MR) is 70.5 cm³/mol. The fraction of sp³-hybridized carbons (Fsp3) is 0.182. The van der Waals surface area contributed by atoms with E-state index in [1.54, 1.807) is 6.07 Å². The molecule has 100 valence electrons. The molecule has 19 heavy (non-hydrogen) atoms. The highest BCUT2D eigenvalue weighted by Gasteiger charge is 2.30. The van der Waals surface area contributed by atoms with Crippen LogP contribution in [0.2, 0.25) is 5.02 Å². The third-order valence-corrected chi connectivity index (χ3v) is 2.66. The summed E-state index contributed by atoms with van der Waals surface area (Å²) in [7, 11) is 0. The van der Waals surface area contributed by atoms with Crippen molar-refractivity contribution in [3.05, 3.63) is 28.8 Å². The van der Waals surface area contributed by atoms with E-state index in [4.69, 9.17) is 22.6 Å². The Kier molecular flexibility index (Phi) is 4.86. The number of aliphatic imine (C=N–C) groups is 1. The minimum atomic E-state index is -4.49. The van der Waals surface area contributed by atoms with Gasteiger partial charge >= 0.3 is 6.18 Å². The van der Waals surface area contributed by atoms with Gasteiger partial charge in [-0.05, 0) is 18.2 Å². The molecule has 1 atom stereocenters. The molecule has 1 unspecified atom stereocenters. The molecule has 0 heterocycles. The summed E-state index contributed by atoms with van der Waals surface area (Å²) < 4.78 is 37.5. The maximum Gasteiger partial charge on any atom is 0.416 e. The Morgan fingerprint density at radius 1 is 1.53 bits per heavy atom. The Balaban J connectivity index is 3.11. The maximum atomic E-state index is 12.5. The van der Waals surface area contributed by atoms with Gasteiger partial charge in [0.2, 0.25) is 0 Å². The quantitative estimate of drug-likeness (QED) is 0.687. The Bertz CT molecular complexity index is 563. The lowest BCUT2D eigenvalue weighted by Crippen LogP contribution is -2.20. The molecular formula is C11H7ClF3N3S. The topological polar surface area (TPSA) is 62.2 Å². The minimum absolute atomic E-state index is 0.0314. The van der Waals surface area contributed by atoms with Crippen molar-refractivity contribution < 1.29 is 13.2 Å². The fourth-order valence-corrected chi connectivity index (χ4v) is 1.39. The molecule has 0 aliphatic carbocycles. The molecule has 1 aromatic carbocycles. The molecule has 0 bridgehead atoms. The van der Waals surface area contributed by atoms with Crippen LogP contribution < -0.4 is 5.73 Å². The van der Waals surface area contributed by atoms with Crippen LogP contribution in [0.15, 0.2) is 23.2 Å². The zero-order valence-electron chi connectivity index (χ0n) is 9.28. The third kappa shape index (κ3) is 4.19. The van der Waals surface area contributed by atoms with Gasteiger partial charge in [0.1, 0.15) is 5.92 Å². The van der Waals surface area contributed by atoms with Crippen LogP contribution in [0.4, 0.5) is 18.9 Å². The van der Waals surface area contributed by atoms with Gasteiger partial charge in [0, 0.05) is 6.21 Å². The summed E-state index contributed by atoms with van der Waals surface area (Å²) in [6, 6.07) is 4.47. The second-order valence-electron chi connectivity index (χ2n) is 3.45. The number of nitrogens with two attached hydrogens (primary N) is 1. The Hall–Kier alpha value is -1.65. The predicted octanol–water partition coefficient (Wildman–Crippen LogP) is 3.49. The van der Waals surface area contributed by atoms with Gasteiger partial charge in [0.05, 0.1) is 27.3 Å². The summed E-state index contributed by atoms with van der Waals surface area (Å²) in [5, 5.41) is 8.74. The average Bonchev–Trinajstić information content (AvgIpc) is 2.30. The van der Waals surface area contributed by atoms with Gasteiger partial charge < -0.3 is 5.73 Å². The molecule has 0 amide bonds. The van der Waals surface area contributed by atoms with Crippen LogP contribution in [-0.2, 0) is 6.18 Å². The zero-order chi connectivity index (χ0) is 14.6. The van der Waals surface area contributed by atoms with Gasteiger partial charge in [-0.15, -0.1) is 0 Å². The van der Waals surface area contributed by atoms with Crippen LogP contribution in [-0.4, -0.2) is 11.2 Å². The molecule has 0 radical (unpaired) electrons. The number of halogens is 4. The standard InChI is InChI=1S/C11H7ClF3N3S/c12-8-2-1-7(11(13,14)15)3-9(8)18-5-6(4-16)10(17)19/h1-3,5-6H,(H2,17,19). The summed E-state index contributed by atoms with van der Waals surface area (Å²) in [6.07, 6.45) is -3.43. The third-order valence-electron chi connectivity index (χ3n) is 2.08. The number of alkyl halides is 3. The molecule has 3 nitrogen and oxygen atoms in total. The van der Waals surface area contributed by atoms with Gasteiger partial charge in [-0.1, -0.05) is 23.8 Å². The van der Waals surface area contributed by atoms with E-state index in [0.717, 1.165) is 24.4 Å². The number of nitriles is 1. The Morgan fingerprint density at radius 3 is 2.63 bits per heavy atom. The molecule has 0 spiro atoms. The van der Waals surface area contributed by atoms with E-state index >= 15 is 0 Å². The first-order valence-corrected chi connectivity index (χ1v) is 5.64. The molecule has 1 aromatic rings. The molecule has 0 saturated heterocycles. The van der Waals surface area contributed by atoms with Crippen LogP contribution in [0.1, 0.15) is 5.56 Å². The van der Waals surface area contributed by atoms with E-state index in [-0.39, 0.29) is 15.7 Å². The maximum absolute atomic E-state index is 12.5. The fourth-order valence-electron chi connectivity index (χ4n) is 1.11. The van der Waals surface area contributed by atoms with Crippen LogP contribution >= 0.6 is 23.8 Å². The average molecular weight is 306 g/mol. The van der Waals surface area contributed by atoms with E-state index in [1.165, 1.54) is 0 Å². The monoisotopic (exact) mass is 305 g/mol. The summed E-state index contributed by atoms with van der Waals surface area (Å²) in [4.78, 5) is 3.61. The molecular weight excluding hydrogens is 299 g/mol. The molecule has 0 aromatic heterocycles. The summed E-state index contributed by atoms with van der Waals surface area (Å²) in [6.45, 7) is 0. The highest BCUT2D eigenvalue weighted by atomic mass is 35.5. The number of benzene rings is 1. The number of nitrogens with zero attached hydrogens (tertiary/aromatic N) is 2. The van der Waals surface area contributed by atoms with Crippen molar-refractivity contribution in [3.8, 4) is 6.07 Å². The van der Waals surface area contributed by atoms with Gasteiger partial charge in [0.25, 0.3) is 0 Å². The van der Waals surface area contributed by atoms with E-state index in [0.29, 0.717) is 0 Å². The molecule has 0 aliphatic rings. The SMILES string of the molecule is N#CC(C=Nc1cc(C(F)(F)F)ccc1Cl)C(N)=S. The number of rotatable bonds is 3. The van der Waals surface area contributed by atoms with Crippen molar-refractivity contribution >= 4 is 40.7 Å². The first kappa shape index (κ1) is 15.4. The Labute approximate surface area is 117 Å². The van der Waals surface area contributed by atoms with Gasteiger partial charge in [-0.3, -0.25) is 4.99 Å². The normalized spacial score (nSPS) is 13.2. The molecule has 2 N–H and O–H groups in total. The van der Waals surface area contributed by atoms with Crippen molar-refractivity contribution in [1.82, 2.24) is 0 Å². The van der Waals surface area contributed by atoms with Crippen LogP contribution in [0.3, 0.4) is 0 Å². The van der Waals surface area contributed by atoms with Crippen LogP contribution in [0.5, 0.6) is 0 Å².